The van der Waals surface area contributed by atoms with Gasteiger partial charge in [-0.1, -0.05) is 15.9 Å². The molecule has 0 aliphatic rings. The average molecular weight is 437 g/mol. The number of hydrogen-bond donors (Lipinski definition) is 2. The fourth-order valence-electron chi connectivity index (χ4n) is 2.46. The predicted molar refractivity (Wildman–Crippen MR) is 97.1 cm³/mol. The number of aromatic nitrogens is 3. The molecule has 4 rings (SSSR count). The lowest BCUT2D eigenvalue weighted by atomic mass is 10.2. The fraction of sp³-hybridized carbons (Fsp3) is 0. The van der Waals surface area contributed by atoms with E-state index in [0.29, 0.717) is 5.52 Å². The maximum Gasteiger partial charge on any atom is 0.328 e. The lowest BCUT2D eigenvalue weighted by Gasteiger charge is -1.97. The summed E-state index contributed by atoms with van der Waals surface area (Å²) in [4.78, 5) is 19.8. The van der Waals surface area contributed by atoms with Gasteiger partial charge in [0.1, 0.15) is 23.1 Å². The van der Waals surface area contributed by atoms with Gasteiger partial charge in [-0.2, -0.15) is 18.2 Å². The molecule has 26 heavy (non-hydrogen) atoms. The van der Waals surface area contributed by atoms with Gasteiger partial charge in [-0.15, -0.1) is 0 Å². The van der Waals surface area contributed by atoms with Crippen LogP contribution in [0.2, 0.25) is 0 Å². The summed E-state index contributed by atoms with van der Waals surface area (Å²) in [7, 11) is -4.44. The highest BCUT2D eigenvalue weighted by Crippen LogP contribution is 2.24. The summed E-state index contributed by atoms with van der Waals surface area (Å²) in [5.74, 6) is 0.0465. The normalized spacial score (nSPS) is 12.5. The van der Waals surface area contributed by atoms with Gasteiger partial charge in [-0.3, -0.25) is 9.35 Å². The van der Waals surface area contributed by atoms with E-state index in [2.05, 4.69) is 31.0 Å². The Hall–Kier alpha value is -2.76. The van der Waals surface area contributed by atoms with Gasteiger partial charge in [-0.25, -0.2) is 4.98 Å². The Kier molecular flexibility index (Phi) is 3.79. The number of halogens is 1. The third-order valence-electron chi connectivity index (χ3n) is 3.62. The SMILES string of the molecule is O=c1c2[nH]c3ccc(Br)cc3c2ncn1/N=C\c1ccc(S(=O)(=O)O)o1. The van der Waals surface area contributed by atoms with E-state index in [1.165, 1.54) is 12.4 Å². The molecule has 9 nitrogen and oxygen atoms in total. The van der Waals surface area contributed by atoms with Crippen molar-refractivity contribution in [2.24, 2.45) is 5.10 Å². The number of rotatable bonds is 3. The van der Waals surface area contributed by atoms with Crippen LogP contribution in [0.1, 0.15) is 5.76 Å². The number of nitrogens with one attached hydrogen (secondary N) is 1. The molecule has 0 bridgehead atoms. The van der Waals surface area contributed by atoms with Crippen molar-refractivity contribution in [1.29, 1.82) is 0 Å². The Morgan fingerprint density at radius 3 is 2.85 bits per heavy atom. The number of nitrogens with zero attached hydrogens (tertiary/aromatic N) is 3. The first-order chi connectivity index (χ1) is 12.3. The van der Waals surface area contributed by atoms with Crippen molar-refractivity contribution in [3.63, 3.8) is 0 Å². The largest absolute Gasteiger partial charge is 0.441 e. The fourth-order valence-corrected chi connectivity index (χ4v) is 3.26. The lowest BCUT2D eigenvalue weighted by molar-refractivity contribution is 0.404. The molecule has 132 valence electrons. The van der Waals surface area contributed by atoms with Crippen LogP contribution in [0.25, 0.3) is 21.9 Å². The number of H-pyrrole nitrogens is 1. The number of fused-ring (bicyclic) bond motifs is 3. The zero-order valence-electron chi connectivity index (χ0n) is 12.7. The molecule has 3 aromatic heterocycles. The van der Waals surface area contributed by atoms with Crippen molar-refractivity contribution in [3.05, 3.63) is 57.2 Å². The molecule has 0 spiro atoms. The Morgan fingerprint density at radius 1 is 1.31 bits per heavy atom. The third kappa shape index (κ3) is 2.85. The van der Waals surface area contributed by atoms with E-state index >= 15 is 0 Å². The molecule has 2 N–H and O–H groups in total. The summed E-state index contributed by atoms with van der Waals surface area (Å²) < 4.78 is 37.6. The smallest absolute Gasteiger partial charge is 0.328 e. The van der Waals surface area contributed by atoms with Gasteiger partial charge in [0, 0.05) is 15.4 Å². The van der Waals surface area contributed by atoms with Gasteiger partial charge in [0.25, 0.3) is 5.56 Å². The molecule has 0 fully saturated rings. The van der Waals surface area contributed by atoms with Crippen LogP contribution < -0.4 is 5.56 Å². The van der Waals surface area contributed by atoms with Crippen LogP contribution in [-0.4, -0.2) is 33.8 Å². The summed E-state index contributed by atoms with van der Waals surface area (Å²) in [6, 6.07) is 7.90. The molecule has 0 atom stereocenters. The van der Waals surface area contributed by atoms with Gasteiger partial charge in [0.15, 0.2) is 0 Å². The quantitative estimate of drug-likeness (QED) is 0.374. The Morgan fingerprint density at radius 2 is 2.12 bits per heavy atom. The summed E-state index contributed by atoms with van der Waals surface area (Å²) in [6.07, 6.45) is 2.39. The lowest BCUT2D eigenvalue weighted by Crippen LogP contribution is -2.17. The van der Waals surface area contributed by atoms with Gasteiger partial charge < -0.3 is 9.40 Å². The molecule has 0 radical (unpaired) electrons. The maximum atomic E-state index is 12.6. The minimum atomic E-state index is -4.44. The molecule has 4 aromatic rings. The summed E-state index contributed by atoms with van der Waals surface area (Å²) in [5.41, 5.74) is 1.14. The van der Waals surface area contributed by atoms with E-state index in [0.717, 1.165) is 32.3 Å². The number of aromatic amines is 1. The van der Waals surface area contributed by atoms with Crippen LogP contribution in [0.3, 0.4) is 0 Å². The molecule has 0 saturated carbocycles. The first-order valence-electron chi connectivity index (χ1n) is 7.13. The molecule has 0 saturated heterocycles. The number of hydrogen-bond acceptors (Lipinski definition) is 6. The average Bonchev–Trinajstić information content (AvgIpc) is 3.19. The predicted octanol–water partition coefficient (Wildman–Crippen LogP) is 2.36. The van der Waals surface area contributed by atoms with E-state index < -0.39 is 20.8 Å². The Bertz CT molecular complexity index is 1350. The zero-order valence-corrected chi connectivity index (χ0v) is 15.2. The van der Waals surface area contributed by atoms with Crippen molar-refractivity contribution in [2.45, 2.75) is 5.09 Å². The van der Waals surface area contributed by atoms with Gasteiger partial charge in [0.2, 0.25) is 5.09 Å². The monoisotopic (exact) mass is 436 g/mol. The highest BCUT2D eigenvalue weighted by Gasteiger charge is 2.14. The molecule has 11 heteroatoms. The second-order valence-corrected chi connectivity index (χ2v) is 7.58. The number of furan rings is 1. The van der Waals surface area contributed by atoms with Crippen LogP contribution >= 0.6 is 15.9 Å². The highest BCUT2D eigenvalue weighted by molar-refractivity contribution is 9.10. The molecular formula is C15H9BrN4O5S. The maximum absolute atomic E-state index is 12.6. The topological polar surface area (TPSA) is 131 Å². The van der Waals surface area contributed by atoms with Crippen molar-refractivity contribution < 1.29 is 17.4 Å². The summed E-state index contributed by atoms with van der Waals surface area (Å²) in [6.45, 7) is 0. The first-order valence-corrected chi connectivity index (χ1v) is 9.36. The molecular weight excluding hydrogens is 428 g/mol. The molecule has 0 aliphatic carbocycles. The van der Waals surface area contributed by atoms with Crippen LogP contribution in [-0.2, 0) is 10.1 Å². The Balaban J connectivity index is 1.78. The van der Waals surface area contributed by atoms with Crippen LogP contribution in [0.15, 0.2) is 60.5 Å². The van der Waals surface area contributed by atoms with E-state index in [1.54, 1.807) is 0 Å². The van der Waals surface area contributed by atoms with Gasteiger partial charge in [0.05, 0.1) is 6.21 Å². The minimum Gasteiger partial charge on any atom is -0.441 e. The summed E-state index contributed by atoms with van der Waals surface area (Å²) >= 11 is 3.38. The second kappa shape index (κ2) is 5.90. The Labute approximate surface area is 153 Å². The van der Waals surface area contributed by atoms with Crippen molar-refractivity contribution in [1.82, 2.24) is 14.6 Å². The number of benzene rings is 1. The van der Waals surface area contributed by atoms with Crippen LogP contribution in [0.4, 0.5) is 0 Å². The minimum absolute atomic E-state index is 0.0465. The molecule has 0 unspecified atom stereocenters. The van der Waals surface area contributed by atoms with Gasteiger partial charge in [-0.05, 0) is 30.3 Å². The van der Waals surface area contributed by atoms with Crippen molar-refractivity contribution in [2.75, 3.05) is 0 Å². The molecule has 1 aromatic carbocycles. The summed E-state index contributed by atoms with van der Waals surface area (Å²) in [5, 5.41) is 4.11. The second-order valence-electron chi connectivity index (χ2n) is 5.31. The van der Waals surface area contributed by atoms with E-state index in [-0.39, 0.29) is 11.3 Å². The van der Waals surface area contributed by atoms with Crippen LogP contribution in [0, 0.1) is 0 Å². The van der Waals surface area contributed by atoms with E-state index in [4.69, 9.17) is 8.97 Å². The van der Waals surface area contributed by atoms with Crippen molar-refractivity contribution >= 4 is 54.2 Å². The highest BCUT2D eigenvalue weighted by atomic mass is 79.9. The third-order valence-corrected chi connectivity index (χ3v) is 4.84. The standard InChI is InChI=1S/C15H9BrN4O5S/c16-8-1-3-11-10(5-8)13-14(19-11)15(21)20(7-17-13)18-6-9-2-4-12(25-9)26(22,23)24/h1-7,19H,(H,22,23,24)/b18-6-. The van der Waals surface area contributed by atoms with Crippen molar-refractivity contribution in [3.8, 4) is 0 Å². The molecule has 0 aliphatic heterocycles. The van der Waals surface area contributed by atoms with E-state index in [9.17, 15) is 13.2 Å². The molecule has 3 heterocycles. The first kappa shape index (κ1) is 16.7. The van der Waals surface area contributed by atoms with Gasteiger partial charge >= 0.3 is 10.1 Å². The van der Waals surface area contributed by atoms with E-state index in [1.807, 2.05) is 18.2 Å². The van der Waals surface area contributed by atoms with Crippen LogP contribution in [0.5, 0.6) is 0 Å². The molecule has 0 amide bonds. The zero-order chi connectivity index (χ0) is 18.5.